The highest BCUT2D eigenvalue weighted by Gasteiger charge is 2.12. The topological polar surface area (TPSA) is 83.8 Å². The van der Waals surface area contributed by atoms with Crippen molar-refractivity contribution in [1.29, 1.82) is 0 Å². The molecule has 1 amide bonds. The molecule has 0 radical (unpaired) electrons. The number of fused-ring (bicyclic) bond motifs is 1. The van der Waals surface area contributed by atoms with Gasteiger partial charge in [-0.05, 0) is 42.0 Å². The first-order valence-electron chi connectivity index (χ1n) is 11.8. The zero-order valence-electron chi connectivity index (χ0n) is 20.8. The van der Waals surface area contributed by atoms with E-state index in [1.807, 2.05) is 60.7 Å². The lowest BCUT2D eigenvalue weighted by Gasteiger charge is -2.12. The van der Waals surface area contributed by atoms with E-state index in [0.29, 0.717) is 37.6 Å². The van der Waals surface area contributed by atoms with Gasteiger partial charge in [-0.1, -0.05) is 24.3 Å². The van der Waals surface area contributed by atoms with Crippen molar-refractivity contribution in [3.63, 3.8) is 0 Å². The molecule has 0 saturated carbocycles. The van der Waals surface area contributed by atoms with Crippen LogP contribution in [-0.2, 0) is 24.2 Å². The van der Waals surface area contributed by atoms with Gasteiger partial charge in [-0.25, -0.2) is 4.98 Å². The van der Waals surface area contributed by atoms with Gasteiger partial charge in [0.25, 0.3) is 0 Å². The van der Waals surface area contributed by atoms with Crippen LogP contribution < -0.4 is 24.3 Å². The molecule has 0 fully saturated rings. The molecule has 4 aromatic rings. The number of hydrogen-bond donors (Lipinski definition) is 1. The summed E-state index contributed by atoms with van der Waals surface area (Å²) in [5.74, 6) is 3.58. The molecule has 36 heavy (non-hydrogen) atoms. The van der Waals surface area contributed by atoms with E-state index < -0.39 is 0 Å². The first kappa shape index (κ1) is 24.9. The average Bonchev–Trinajstić information content (AvgIpc) is 3.26. The first-order chi connectivity index (χ1) is 17.6. The van der Waals surface area contributed by atoms with Crippen molar-refractivity contribution in [3.8, 4) is 23.0 Å². The molecule has 0 unspecified atom stereocenters. The van der Waals surface area contributed by atoms with E-state index in [9.17, 15) is 4.79 Å². The Kier molecular flexibility index (Phi) is 8.28. The number of imidazole rings is 1. The fraction of sp³-hybridized carbons (Fsp3) is 0.286. The number of rotatable bonds is 12. The molecule has 4 rings (SSSR count). The minimum absolute atomic E-state index is 0.0637. The second-order valence-electron chi connectivity index (χ2n) is 8.16. The lowest BCUT2D eigenvalue weighted by atomic mass is 10.1. The van der Waals surface area contributed by atoms with Crippen molar-refractivity contribution in [2.24, 2.45) is 0 Å². The average molecular weight is 490 g/mol. The molecule has 8 heteroatoms. The third kappa shape index (κ3) is 6.07. The molecule has 1 N–H and O–H groups in total. The summed E-state index contributed by atoms with van der Waals surface area (Å²) in [5, 5.41) is 3.00. The predicted molar refractivity (Wildman–Crippen MR) is 138 cm³/mol. The molecule has 0 atom stereocenters. The number of carbonyl (C=O) groups excluding carboxylic acids is 1. The highest BCUT2D eigenvalue weighted by molar-refractivity contribution is 5.79. The number of nitrogens with zero attached hydrogens (tertiary/aromatic N) is 2. The Morgan fingerprint density at radius 2 is 1.69 bits per heavy atom. The maximum absolute atomic E-state index is 12.6. The van der Waals surface area contributed by atoms with Crippen LogP contribution >= 0.6 is 0 Å². The molecule has 0 aliphatic carbocycles. The minimum atomic E-state index is -0.0637. The van der Waals surface area contributed by atoms with Gasteiger partial charge in [-0.15, -0.1) is 0 Å². The van der Waals surface area contributed by atoms with Gasteiger partial charge in [-0.2, -0.15) is 0 Å². The lowest BCUT2D eigenvalue weighted by Crippen LogP contribution is -2.28. The van der Waals surface area contributed by atoms with E-state index in [1.54, 1.807) is 27.4 Å². The van der Waals surface area contributed by atoms with Gasteiger partial charge < -0.3 is 28.8 Å². The molecule has 0 saturated heterocycles. The molecule has 1 heterocycles. The number of methoxy groups -OCH3 is 3. The van der Waals surface area contributed by atoms with Crippen LogP contribution in [0.1, 0.15) is 11.4 Å². The van der Waals surface area contributed by atoms with Crippen molar-refractivity contribution in [1.82, 2.24) is 14.9 Å². The number of benzene rings is 3. The molecule has 0 aliphatic rings. The lowest BCUT2D eigenvalue weighted by molar-refractivity contribution is -0.120. The van der Waals surface area contributed by atoms with Crippen LogP contribution in [0.2, 0.25) is 0 Å². The number of carbonyl (C=O) groups is 1. The monoisotopic (exact) mass is 489 g/mol. The molecule has 0 bridgehead atoms. The number of nitrogens with one attached hydrogen (secondary N) is 1. The maximum Gasteiger partial charge on any atom is 0.224 e. The summed E-state index contributed by atoms with van der Waals surface area (Å²) in [4.78, 5) is 17.3. The number of amides is 1. The predicted octanol–water partition coefficient (Wildman–Crippen LogP) is 4.04. The number of hydrogen-bond acceptors (Lipinski definition) is 6. The third-order valence-corrected chi connectivity index (χ3v) is 5.84. The van der Waals surface area contributed by atoms with E-state index in [0.717, 1.165) is 33.9 Å². The zero-order chi connectivity index (χ0) is 25.3. The Morgan fingerprint density at radius 3 is 2.50 bits per heavy atom. The van der Waals surface area contributed by atoms with Crippen LogP contribution in [0.5, 0.6) is 23.0 Å². The second kappa shape index (κ2) is 12.0. The Balaban J connectivity index is 1.36. The van der Waals surface area contributed by atoms with Gasteiger partial charge in [0.1, 0.15) is 23.9 Å². The van der Waals surface area contributed by atoms with Gasteiger partial charge in [-0.3, -0.25) is 4.79 Å². The van der Waals surface area contributed by atoms with Gasteiger partial charge >= 0.3 is 0 Å². The Bertz CT molecular complexity index is 1320. The molecule has 8 nitrogen and oxygen atoms in total. The van der Waals surface area contributed by atoms with Crippen molar-refractivity contribution in [2.75, 3.05) is 34.5 Å². The number of aromatic nitrogens is 2. The van der Waals surface area contributed by atoms with Crippen molar-refractivity contribution in [3.05, 3.63) is 78.1 Å². The maximum atomic E-state index is 12.6. The number of para-hydroxylation sites is 2. The van der Waals surface area contributed by atoms with E-state index in [4.69, 9.17) is 23.9 Å². The van der Waals surface area contributed by atoms with Gasteiger partial charge in [0, 0.05) is 19.0 Å². The molecule has 1 aromatic heterocycles. The normalized spacial score (nSPS) is 10.8. The van der Waals surface area contributed by atoms with Crippen LogP contribution in [0.4, 0.5) is 0 Å². The molecule has 188 valence electrons. The van der Waals surface area contributed by atoms with Crippen molar-refractivity contribution in [2.45, 2.75) is 19.4 Å². The molecular formula is C28H31N3O5. The van der Waals surface area contributed by atoms with Crippen LogP contribution in [0.15, 0.2) is 66.7 Å². The SMILES string of the molecule is COc1cccc(OCCn2c(CCNC(=O)Cc3ccc(OC)c(OC)c3)nc3ccccc32)c1. The number of ether oxygens (including phenoxy) is 4. The minimum Gasteiger partial charge on any atom is -0.497 e. The van der Waals surface area contributed by atoms with E-state index >= 15 is 0 Å². The molecule has 3 aromatic carbocycles. The molecule has 0 spiro atoms. The molecule has 0 aliphatic heterocycles. The third-order valence-electron chi connectivity index (χ3n) is 5.84. The van der Waals surface area contributed by atoms with Crippen LogP contribution in [0, 0.1) is 0 Å². The van der Waals surface area contributed by atoms with Gasteiger partial charge in [0.15, 0.2) is 11.5 Å². The summed E-state index contributed by atoms with van der Waals surface area (Å²) >= 11 is 0. The fourth-order valence-electron chi connectivity index (χ4n) is 4.06. The van der Waals surface area contributed by atoms with Crippen LogP contribution in [0.3, 0.4) is 0 Å². The largest absolute Gasteiger partial charge is 0.497 e. The smallest absolute Gasteiger partial charge is 0.224 e. The van der Waals surface area contributed by atoms with E-state index in [-0.39, 0.29) is 12.3 Å². The van der Waals surface area contributed by atoms with Gasteiger partial charge in [0.05, 0.1) is 45.3 Å². The highest BCUT2D eigenvalue weighted by Crippen LogP contribution is 2.27. The standard InChI is InChI=1S/C28H31N3O5/c1-33-21-7-6-8-22(19-21)36-16-15-31-24-10-5-4-9-23(24)30-27(31)13-14-29-28(32)18-20-11-12-25(34-2)26(17-20)35-3/h4-12,17,19H,13-16,18H2,1-3H3,(H,29,32). The zero-order valence-corrected chi connectivity index (χ0v) is 20.8. The summed E-state index contributed by atoms with van der Waals surface area (Å²) in [6.45, 7) is 1.59. The summed E-state index contributed by atoms with van der Waals surface area (Å²) in [7, 11) is 4.80. The van der Waals surface area contributed by atoms with Gasteiger partial charge in [0.2, 0.25) is 5.91 Å². The van der Waals surface area contributed by atoms with Crippen molar-refractivity contribution >= 4 is 16.9 Å². The van der Waals surface area contributed by atoms with Crippen molar-refractivity contribution < 1.29 is 23.7 Å². The second-order valence-corrected chi connectivity index (χ2v) is 8.16. The Hall–Kier alpha value is -4.20. The Labute approximate surface area is 210 Å². The Morgan fingerprint density at radius 1 is 0.889 bits per heavy atom. The van der Waals surface area contributed by atoms with E-state index in [2.05, 4.69) is 9.88 Å². The highest BCUT2D eigenvalue weighted by atomic mass is 16.5. The van der Waals surface area contributed by atoms with Crippen LogP contribution in [0.25, 0.3) is 11.0 Å². The molecular weight excluding hydrogens is 458 g/mol. The summed E-state index contributed by atoms with van der Waals surface area (Å²) in [6.07, 6.45) is 0.858. The van der Waals surface area contributed by atoms with Crippen LogP contribution in [-0.4, -0.2) is 49.9 Å². The summed E-state index contributed by atoms with van der Waals surface area (Å²) in [6, 6.07) is 21.1. The van der Waals surface area contributed by atoms with E-state index in [1.165, 1.54) is 0 Å². The fourth-order valence-corrected chi connectivity index (χ4v) is 4.06. The summed E-state index contributed by atoms with van der Waals surface area (Å²) < 4.78 is 24.0. The summed E-state index contributed by atoms with van der Waals surface area (Å²) in [5.41, 5.74) is 2.82. The quantitative estimate of drug-likeness (QED) is 0.323. The first-order valence-corrected chi connectivity index (χ1v) is 11.8.